The average molecular weight is 322 g/mol. The molecule has 1 rings (SSSR count). The molecule has 1 aromatic carbocycles. The zero-order valence-corrected chi connectivity index (χ0v) is 12.2. The Bertz CT molecular complexity index is 576. The molecule has 0 heterocycles. The lowest BCUT2D eigenvalue weighted by molar-refractivity contribution is -0.142. The number of nitrogens with one attached hydrogen (secondary N) is 3. The molecule has 0 saturated carbocycles. The molecule has 0 aliphatic carbocycles. The van der Waals surface area contributed by atoms with Crippen LogP contribution in [0.3, 0.4) is 0 Å². The van der Waals surface area contributed by atoms with Crippen molar-refractivity contribution in [3.05, 3.63) is 30.3 Å². The molecule has 23 heavy (non-hydrogen) atoms. The van der Waals surface area contributed by atoms with E-state index in [0.29, 0.717) is 5.69 Å². The maximum Gasteiger partial charge on any atom is 0.326 e. The summed E-state index contributed by atoms with van der Waals surface area (Å²) in [5, 5.41) is 15.9. The van der Waals surface area contributed by atoms with Gasteiger partial charge in [-0.1, -0.05) is 18.2 Å². The number of carbonyl (C=O) groups excluding carboxylic acids is 3. The van der Waals surface area contributed by atoms with E-state index in [1.165, 1.54) is 0 Å². The Morgan fingerprint density at radius 2 is 1.78 bits per heavy atom. The number of anilines is 1. The number of carboxylic acids is 1. The van der Waals surface area contributed by atoms with Crippen molar-refractivity contribution in [2.75, 3.05) is 11.9 Å². The summed E-state index contributed by atoms with van der Waals surface area (Å²) in [7, 11) is 0. The van der Waals surface area contributed by atoms with E-state index in [-0.39, 0.29) is 12.8 Å². The molecular weight excluding hydrogens is 304 g/mol. The third-order valence-electron chi connectivity index (χ3n) is 2.75. The minimum Gasteiger partial charge on any atom is -0.480 e. The number of carboxylic acid groups (broad SMARTS) is 1. The van der Waals surface area contributed by atoms with Gasteiger partial charge in [-0.25, -0.2) is 9.59 Å². The van der Waals surface area contributed by atoms with Crippen molar-refractivity contribution in [2.24, 2.45) is 5.73 Å². The first kappa shape index (κ1) is 18.0. The van der Waals surface area contributed by atoms with E-state index in [9.17, 15) is 19.2 Å². The van der Waals surface area contributed by atoms with Crippen LogP contribution in [0, 0.1) is 0 Å². The van der Waals surface area contributed by atoms with Gasteiger partial charge in [0.15, 0.2) is 0 Å². The molecule has 1 unspecified atom stereocenters. The van der Waals surface area contributed by atoms with E-state index in [4.69, 9.17) is 10.8 Å². The quantitative estimate of drug-likeness (QED) is 0.443. The van der Waals surface area contributed by atoms with E-state index >= 15 is 0 Å². The number of hydrogen-bond acceptors (Lipinski definition) is 4. The van der Waals surface area contributed by atoms with E-state index in [2.05, 4.69) is 16.0 Å². The van der Waals surface area contributed by atoms with Crippen LogP contribution in [0.15, 0.2) is 30.3 Å². The molecule has 0 aromatic heterocycles. The van der Waals surface area contributed by atoms with Crippen LogP contribution in [0.25, 0.3) is 0 Å². The fraction of sp³-hybridized carbons (Fsp3) is 0.286. The van der Waals surface area contributed by atoms with Crippen molar-refractivity contribution in [3.63, 3.8) is 0 Å². The highest BCUT2D eigenvalue weighted by Crippen LogP contribution is 2.04. The summed E-state index contributed by atoms with van der Waals surface area (Å²) in [6.45, 7) is -0.404. The second kappa shape index (κ2) is 9.03. The Labute approximate surface area is 132 Å². The van der Waals surface area contributed by atoms with Crippen LogP contribution in [-0.2, 0) is 14.4 Å². The molecule has 0 spiro atoms. The maximum absolute atomic E-state index is 11.6. The standard InChI is InChI=1S/C14H18N4O5/c15-11(19)7-6-10(13(21)22)18-12(20)8-16-14(23)17-9-4-2-1-3-5-9/h1-5,10H,6-8H2,(H2,15,19)(H,18,20)(H,21,22)(H2,16,17,23). The first-order valence-electron chi connectivity index (χ1n) is 6.79. The minimum absolute atomic E-state index is 0.118. The summed E-state index contributed by atoms with van der Waals surface area (Å²) in [6.07, 6.45) is -0.286. The van der Waals surface area contributed by atoms with Crippen LogP contribution in [0.1, 0.15) is 12.8 Å². The molecule has 1 aromatic rings. The molecule has 0 saturated heterocycles. The summed E-state index contributed by atoms with van der Waals surface area (Å²) < 4.78 is 0. The number of hydrogen-bond donors (Lipinski definition) is 5. The monoisotopic (exact) mass is 322 g/mol. The van der Waals surface area contributed by atoms with Gasteiger partial charge < -0.3 is 26.8 Å². The lowest BCUT2D eigenvalue weighted by Gasteiger charge is -2.14. The lowest BCUT2D eigenvalue weighted by Crippen LogP contribution is -2.46. The number of amides is 4. The van der Waals surface area contributed by atoms with Crippen LogP contribution in [0.5, 0.6) is 0 Å². The van der Waals surface area contributed by atoms with Gasteiger partial charge in [0.05, 0.1) is 6.54 Å². The fourth-order valence-corrected chi connectivity index (χ4v) is 1.65. The number of urea groups is 1. The summed E-state index contributed by atoms with van der Waals surface area (Å²) in [5.41, 5.74) is 5.48. The number of benzene rings is 1. The molecule has 1 atom stereocenters. The third kappa shape index (κ3) is 7.46. The molecule has 9 heteroatoms. The van der Waals surface area contributed by atoms with Crippen molar-refractivity contribution >= 4 is 29.5 Å². The minimum atomic E-state index is -1.28. The number of nitrogens with two attached hydrogens (primary N) is 1. The molecule has 9 nitrogen and oxygen atoms in total. The summed E-state index contributed by atoms with van der Waals surface area (Å²) in [5.74, 6) is -2.63. The average Bonchev–Trinajstić information content (AvgIpc) is 2.50. The van der Waals surface area contributed by atoms with Gasteiger partial charge in [0.2, 0.25) is 11.8 Å². The number of carbonyl (C=O) groups is 4. The van der Waals surface area contributed by atoms with Gasteiger partial charge in [0, 0.05) is 12.1 Å². The highest BCUT2D eigenvalue weighted by atomic mass is 16.4. The molecule has 0 bridgehead atoms. The molecule has 0 aliphatic heterocycles. The third-order valence-corrected chi connectivity index (χ3v) is 2.75. The second-order valence-corrected chi connectivity index (χ2v) is 4.64. The first-order chi connectivity index (χ1) is 10.9. The summed E-state index contributed by atoms with van der Waals surface area (Å²) >= 11 is 0. The lowest BCUT2D eigenvalue weighted by atomic mass is 10.1. The molecule has 124 valence electrons. The van der Waals surface area contributed by atoms with Crippen molar-refractivity contribution in [1.29, 1.82) is 0 Å². The Balaban J connectivity index is 2.38. The smallest absolute Gasteiger partial charge is 0.326 e. The number of para-hydroxylation sites is 1. The molecular formula is C14H18N4O5. The number of rotatable bonds is 8. The van der Waals surface area contributed by atoms with E-state index in [0.717, 1.165) is 0 Å². The van der Waals surface area contributed by atoms with Crippen LogP contribution in [0.4, 0.5) is 10.5 Å². The molecule has 6 N–H and O–H groups in total. The summed E-state index contributed by atoms with van der Waals surface area (Å²) in [6, 6.07) is 6.75. The molecule has 0 aliphatic rings. The van der Waals surface area contributed by atoms with Gasteiger partial charge in [0.25, 0.3) is 0 Å². The van der Waals surface area contributed by atoms with E-state index < -0.39 is 36.4 Å². The van der Waals surface area contributed by atoms with Crippen molar-refractivity contribution in [3.8, 4) is 0 Å². The largest absolute Gasteiger partial charge is 0.480 e. The Morgan fingerprint density at radius 3 is 2.35 bits per heavy atom. The topological polar surface area (TPSA) is 151 Å². The van der Waals surface area contributed by atoms with Gasteiger partial charge in [-0.05, 0) is 18.6 Å². The van der Waals surface area contributed by atoms with Gasteiger partial charge in [-0.3, -0.25) is 9.59 Å². The SMILES string of the molecule is NC(=O)CCC(NC(=O)CNC(=O)Nc1ccccc1)C(=O)O. The number of aliphatic carboxylic acids is 1. The van der Waals surface area contributed by atoms with Gasteiger partial charge in [0.1, 0.15) is 6.04 Å². The predicted octanol–water partition coefficient (Wildman–Crippen LogP) is -0.357. The first-order valence-corrected chi connectivity index (χ1v) is 6.79. The van der Waals surface area contributed by atoms with Crippen LogP contribution < -0.4 is 21.7 Å². The highest BCUT2D eigenvalue weighted by Gasteiger charge is 2.20. The highest BCUT2D eigenvalue weighted by molar-refractivity contribution is 5.93. The normalized spacial score (nSPS) is 11.1. The Hall–Kier alpha value is -3.10. The van der Waals surface area contributed by atoms with Crippen molar-refractivity contribution in [1.82, 2.24) is 10.6 Å². The zero-order valence-electron chi connectivity index (χ0n) is 12.2. The molecule has 0 fully saturated rings. The predicted molar refractivity (Wildman–Crippen MR) is 81.5 cm³/mol. The second-order valence-electron chi connectivity index (χ2n) is 4.64. The number of primary amides is 1. The van der Waals surface area contributed by atoms with Gasteiger partial charge in [-0.15, -0.1) is 0 Å². The fourth-order valence-electron chi connectivity index (χ4n) is 1.65. The van der Waals surface area contributed by atoms with Gasteiger partial charge >= 0.3 is 12.0 Å². The van der Waals surface area contributed by atoms with E-state index in [1.54, 1.807) is 30.3 Å². The summed E-state index contributed by atoms with van der Waals surface area (Å²) in [4.78, 5) is 44.8. The van der Waals surface area contributed by atoms with Crippen LogP contribution in [0.2, 0.25) is 0 Å². The van der Waals surface area contributed by atoms with Crippen LogP contribution >= 0.6 is 0 Å². The maximum atomic E-state index is 11.6. The molecule has 4 amide bonds. The van der Waals surface area contributed by atoms with Crippen LogP contribution in [-0.4, -0.2) is 41.5 Å². The zero-order chi connectivity index (χ0) is 17.2. The van der Waals surface area contributed by atoms with Gasteiger partial charge in [-0.2, -0.15) is 0 Å². The Kier molecular flexibility index (Phi) is 7.05. The molecule has 0 radical (unpaired) electrons. The van der Waals surface area contributed by atoms with Crippen molar-refractivity contribution < 1.29 is 24.3 Å². The van der Waals surface area contributed by atoms with Crippen molar-refractivity contribution in [2.45, 2.75) is 18.9 Å². The Morgan fingerprint density at radius 1 is 1.13 bits per heavy atom. The van der Waals surface area contributed by atoms with E-state index in [1.807, 2.05) is 0 Å².